The average molecular weight is 310 g/mol. The molecule has 2 rings (SSSR count). The zero-order valence-electron chi connectivity index (χ0n) is 14.7. The molecule has 2 aliphatic heterocycles. The number of piperidine rings is 1. The van der Waals surface area contributed by atoms with Gasteiger partial charge in [-0.05, 0) is 59.5 Å². The second-order valence-corrected chi connectivity index (χ2v) is 7.07. The van der Waals surface area contributed by atoms with Crippen molar-refractivity contribution in [2.45, 2.75) is 64.5 Å². The lowest BCUT2D eigenvalue weighted by atomic mass is 9.99. The molecule has 5 nitrogen and oxygen atoms in total. The Morgan fingerprint density at radius 3 is 2.59 bits per heavy atom. The fourth-order valence-corrected chi connectivity index (χ4v) is 3.23. The van der Waals surface area contributed by atoms with Crippen molar-refractivity contribution in [2.75, 3.05) is 39.3 Å². The van der Waals surface area contributed by atoms with Crippen LogP contribution < -0.4 is 10.6 Å². The smallest absolute Gasteiger partial charge is 0.191 e. The molecule has 0 aromatic carbocycles. The Morgan fingerprint density at radius 2 is 1.95 bits per heavy atom. The SMILES string of the molecule is CCNC(=NCC(C)(C)N1CCCCC1)NCC1CCCO1. The molecule has 0 radical (unpaired) electrons. The van der Waals surface area contributed by atoms with E-state index >= 15 is 0 Å². The number of nitrogens with one attached hydrogen (secondary N) is 2. The summed E-state index contributed by atoms with van der Waals surface area (Å²) < 4.78 is 5.67. The molecule has 0 spiro atoms. The molecule has 2 N–H and O–H groups in total. The van der Waals surface area contributed by atoms with Gasteiger partial charge in [0.25, 0.3) is 0 Å². The molecule has 0 bridgehead atoms. The van der Waals surface area contributed by atoms with E-state index in [1.807, 2.05) is 0 Å². The van der Waals surface area contributed by atoms with Gasteiger partial charge < -0.3 is 15.4 Å². The molecule has 2 saturated heterocycles. The molecular weight excluding hydrogens is 276 g/mol. The maximum absolute atomic E-state index is 5.67. The van der Waals surface area contributed by atoms with Crippen molar-refractivity contribution in [3.05, 3.63) is 0 Å². The normalized spacial score (nSPS) is 24.5. The monoisotopic (exact) mass is 310 g/mol. The number of ether oxygens (including phenoxy) is 1. The van der Waals surface area contributed by atoms with Crippen molar-refractivity contribution in [3.63, 3.8) is 0 Å². The Bertz CT molecular complexity index is 345. The van der Waals surface area contributed by atoms with Gasteiger partial charge in [-0.2, -0.15) is 0 Å². The molecule has 1 atom stereocenters. The highest BCUT2D eigenvalue weighted by molar-refractivity contribution is 5.79. The third-order valence-corrected chi connectivity index (χ3v) is 4.70. The van der Waals surface area contributed by atoms with Crippen LogP contribution in [0.4, 0.5) is 0 Å². The van der Waals surface area contributed by atoms with Crippen molar-refractivity contribution in [3.8, 4) is 0 Å². The molecule has 0 aromatic heterocycles. The number of likely N-dealkylation sites (tertiary alicyclic amines) is 1. The molecule has 0 aromatic rings. The first-order valence-corrected chi connectivity index (χ1v) is 9.00. The molecule has 0 amide bonds. The van der Waals surface area contributed by atoms with Crippen molar-refractivity contribution in [2.24, 2.45) is 4.99 Å². The van der Waals surface area contributed by atoms with E-state index < -0.39 is 0 Å². The van der Waals surface area contributed by atoms with Gasteiger partial charge in [-0.25, -0.2) is 0 Å². The third-order valence-electron chi connectivity index (χ3n) is 4.70. The van der Waals surface area contributed by atoms with Gasteiger partial charge in [0.1, 0.15) is 0 Å². The second-order valence-electron chi connectivity index (χ2n) is 7.07. The fraction of sp³-hybridized carbons (Fsp3) is 0.941. The maximum atomic E-state index is 5.67. The molecule has 0 aliphatic carbocycles. The largest absolute Gasteiger partial charge is 0.376 e. The number of hydrogen-bond donors (Lipinski definition) is 2. The van der Waals surface area contributed by atoms with E-state index in [4.69, 9.17) is 9.73 Å². The lowest BCUT2D eigenvalue weighted by Crippen LogP contribution is -2.50. The summed E-state index contributed by atoms with van der Waals surface area (Å²) in [5, 5.41) is 6.78. The lowest BCUT2D eigenvalue weighted by Gasteiger charge is -2.40. The van der Waals surface area contributed by atoms with Crippen LogP contribution in [0.2, 0.25) is 0 Å². The second kappa shape index (κ2) is 8.73. The third kappa shape index (κ3) is 5.43. The molecule has 5 heteroatoms. The zero-order chi connectivity index (χ0) is 15.8. The summed E-state index contributed by atoms with van der Waals surface area (Å²) in [6.07, 6.45) is 6.71. The van der Waals surface area contributed by atoms with Gasteiger partial charge in [-0.15, -0.1) is 0 Å². The van der Waals surface area contributed by atoms with Crippen molar-refractivity contribution >= 4 is 5.96 Å². The minimum Gasteiger partial charge on any atom is -0.376 e. The van der Waals surface area contributed by atoms with E-state index in [2.05, 4.69) is 36.3 Å². The summed E-state index contributed by atoms with van der Waals surface area (Å²) in [5.41, 5.74) is 0.132. The van der Waals surface area contributed by atoms with Crippen LogP contribution in [-0.4, -0.2) is 61.8 Å². The number of hydrogen-bond acceptors (Lipinski definition) is 3. The van der Waals surface area contributed by atoms with Crippen LogP contribution in [0.5, 0.6) is 0 Å². The molecule has 1 unspecified atom stereocenters. The highest BCUT2D eigenvalue weighted by atomic mass is 16.5. The van der Waals surface area contributed by atoms with E-state index in [1.165, 1.54) is 38.8 Å². The molecule has 128 valence electrons. The van der Waals surface area contributed by atoms with Gasteiger partial charge in [-0.1, -0.05) is 6.42 Å². The van der Waals surface area contributed by atoms with E-state index in [9.17, 15) is 0 Å². The minimum absolute atomic E-state index is 0.132. The summed E-state index contributed by atoms with van der Waals surface area (Å²) in [7, 11) is 0. The van der Waals surface area contributed by atoms with E-state index in [0.717, 1.165) is 38.6 Å². The number of guanidine groups is 1. The lowest BCUT2D eigenvalue weighted by molar-refractivity contribution is 0.102. The van der Waals surface area contributed by atoms with Crippen molar-refractivity contribution in [1.29, 1.82) is 0 Å². The van der Waals surface area contributed by atoms with E-state index in [-0.39, 0.29) is 5.54 Å². The maximum Gasteiger partial charge on any atom is 0.191 e. The summed E-state index contributed by atoms with van der Waals surface area (Å²) in [4.78, 5) is 7.41. The Labute approximate surface area is 135 Å². The summed E-state index contributed by atoms with van der Waals surface area (Å²) in [6, 6.07) is 0. The van der Waals surface area contributed by atoms with Crippen LogP contribution >= 0.6 is 0 Å². The zero-order valence-corrected chi connectivity index (χ0v) is 14.7. The molecule has 2 fully saturated rings. The Kier molecular flexibility index (Phi) is 6.96. The Balaban J connectivity index is 1.84. The minimum atomic E-state index is 0.132. The summed E-state index contributed by atoms with van der Waals surface area (Å²) in [5.74, 6) is 0.920. The van der Waals surface area contributed by atoms with Crippen LogP contribution in [0.25, 0.3) is 0 Å². The fourth-order valence-electron chi connectivity index (χ4n) is 3.23. The molecule has 2 heterocycles. The molecule has 2 aliphatic rings. The first kappa shape index (κ1) is 17.5. The first-order valence-electron chi connectivity index (χ1n) is 9.00. The average Bonchev–Trinajstić information content (AvgIpc) is 3.04. The van der Waals surface area contributed by atoms with Gasteiger partial charge in [0.2, 0.25) is 0 Å². The van der Waals surface area contributed by atoms with Gasteiger partial charge in [-0.3, -0.25) is 9.89 Å². The van der Waals surface area contributed by atoms with E-state index in [0.29, 0.717) is 6.10 Å². The topological polar surface area (TPSA) is 48.9 Å². The van der Waals surface area contributed by atoms with Crippen molar-refractivity contribution in [1.82, 2.24) is 15.5 Å². The van der Waals surface area contributed by atoms with Crippen molar-refractivity contribution < 1.29 is 4.74 Å². The predicted molar refractivity (Wildman–Crippen MR) is 92.5 cm³/mol. The van der Waals surface area contributed by atoms with Gasteiger partial charge in [0.05, 0.1) is 12.6 Å². The first-order chi connectivity index (χ1) is 10.6. The Morgan fingerprint density at radius 1 is 1.18 bits per heavy atom. The summed E-state index contributed by atoms with van der Waals surface area (Å²) in [6.45, 7) is 12.6. The molecule has 22 heavy (non-hydrogen) atoms. The standard InChI is InChI=1S/C17H34N4O/c1-4-18-16(19-13-15-9-8-12-22-15)20-14-17(2,3)21-10-6-5-7-11-21/h15H,4-14H2,1-3H3,(H2,18,19,20). The molecular formula is C17H34N4O. The molecule has 0 saturated carbocycles. The predicted octanol–water partition coefficient (Wildman–Crippen LogP) is 1.99. The van der Waals surface area contributed by atoms with Gasteiger partial charge in [0, 0.05) is 25.2 Å². The van der Waals surface area contributed by atoms with Crippen LogP contribution in [0.1, 0.15) is 52.9 Å². The number of aliphatic imine (C=N–C) groups is 1. The quantitative estimate of drug-likeness (QED) is 0.582. The van der Waals surface area contributed by atoms with Crippen LogP contribution in [0, 0.1) is 0 Å². The number of rotatable bonds is 6. The van der Waals surface area contributed by atoms with Gasteiger partial charge >= 0.3 is 0 Å². The number of nitrogens with zero attached hydrogens (tertiary/aromatic N) is 2. The van der Waals surface area contributed by atoms with Crippen LogP contribution in [0.15, 0.2) is 4.99 Å². The van der Waals surface area contributed by atoms with Gasteiger partial charge in [0.15, 0.2) is 5.96 Å². The Hall–Kier alpha value is -0.810. The van der Waals surface area contributed by atoms with Crippen LogP contribution in [-0.2, 0) is 4.74 Å². The highest BCUT2D eigenvalue weighted by Gasteiger charge is 2.27. The van der Waals surface area contributed by atoms with E-state index in [1.54, 1.807) is 0 Å². The summed E-state index contributed by atoms with van der Waals surface area (Å²) >= 11 is 0. The van der Waals surface area contributed by atoms with Crippen LogP contribution in [0.3, 0.4) is 0 Å². The highest BCUT2D eigenvalue weighted by Crippen LogP contribution is 2.20.